The Bertz CT molecular complexity index is 414. The van der Waals surface area contributed by atoms with Crippen LogP contribution in [0.4, 0.5) is 0 Å². The summed E-state index contributed by atoms with van der Waals surface area (Å²) in [6.07, 6.45) is 3.11. The number of nitrogens with one attached hydrogen (secondary N) is 2. The zero-order chi connectivity index (χ0) is 14.8. The molecule has 20 heavy (non-hydrogen) atoms. The van der Waals surface area contributed by atoms with Gasteiger partial charge in [-0.3, -0.25) is 9.67 Å². The maximum absolute atomic E-state index is 4.58. The zero-order valence-electron chi connectivity index (χ0n) is 13.1. The zero-order valence-corrected chi connectivity index (χ0v) is 13.9. The SMILES string of the molecule is CCNC(=NCCCn1nc(C)cc1C)NCCSC. The molecular weight excluding hydrogens is 270 g/mol. The van der Waals surface area contributed by atoms with E-state index in [0.29, 0.717) is 0 Å². The fraction of sp³-hybridized carbons (Fsp3) is 0.714. The van der Waals surface area contributed by atoms with Gasteiger partial charge in [-0.15, -0.1) is 0 Å². The van der Waals surface area contributed by atoms with Crippen LogP contribution in [0.2, 0.25) is 0 Å². The van der Waals surface area contributed by atoms with Crippen LogP contribution in [0, 0.1) is 13.8 Å². The molecule has 1 aromatic heterocycles. The maximum Gasteiger partial charge on any atom is 0.191 e. The maximum atomic E-state index is 4.58. The molecular formula is C14H27N5S. The first kappa shape index (κ1) is 16.9. The lowest BCUT2D eigenvalue weighted by atomic mass is 10.4. The van der Waals surface area contributed by atoms with E-state index < -0.39 is 0 Å². The molecule has 1 aromatic rings. The Hall–Kier alpha value is -1.17. The molecule has 0 aliphatic carbocycles. The molecule has 0 radical (unpaired) electrons. The summed E-state index contributed by atoms with van der Waals surface area (Å²) in [6.45, 7) is 9.78. The summed E-state index contributed by atoms with van der Waals surface area (Å²) in [5.74, 6) is 2.01. The summed E-state index contributed by atoms with van der Waals surface area (Å²) in [5.41, 5.74) is 2.30. The van der Waals surface area contributed by atoms with Crippen molar-refractivity contribution in [1.82, 2.24) is 20.4 Å². The van der Waals surface area contributed by atoms with E-state index in [1.807, 2.05) is 18.7 Å². The molecule has 0 amide bonds. The van der Waals surface area contributed by atoms with Crippen LogP contribution in [0.15, 0.2) is 11.1 Å². The van der Waals surface area contributed by atoms with E-state index in [9.17, 15) is 0 Å². The van der Waals surface area contributed by atoms with Crippen LogP contribution in [-0.4, -0.2) is 47.4 Å². The van der Waals surface area contributed by atoms with Crippen molar-refractivity contribution in [2.45, 2.75) is 33.7 Å². The van der Waals surface area contributed by atoms with Crippen LogP contribution < -0.4 is 10.6 Å². The number of thioether (sulfide) groups is 1. The minimum atomic E-state index is 0.812. The summed E-state index contributed by atoms with van der Waals surface area (Å²) in [6, 6.07) is 2.11. The minimum Gasteiger partial charge on any atom is -0.357 e. The summed E-state index contributed by atoms with van der Waals surface area (Å²) >= 11 is 1.83. The molecule has 114 valence electrons. The Morgan fingerprint density at radius 1 is 1.40 bits per heavy atom. The molecule has 1 heterocycles. The Kier molecular flexibility index (Phi) is 8.18. The third kappa shape index (κ3) is 6.32. The van der Waals surface area contributed by atoms with Gasteiger partial charge in [-0.25, -0.2) is 0 Å². The second kappa shape index (κ2) is 9.69. The van der Waals surface area contributed by atoms with E-state index in [2.05, 4.69) is 51.6 Å². The molecule has 0 atom stereocenters. The predicted octanol–water partition coefficient (Wildman–Crippen LogP) is 1.81. The molecule has 0 saturated heterocycles. The van der Waals surface area contributed by atoms with Gasteiger partial charge in [-0.2, -0.15) is 16.9 Å². The average molecular weight is 297 g/mol. The molecule has 0 fully saturated rings. The first-order valence-corrected chi connectivity index (χ1v) is 8.59. The van der Waals surface area contributed by atoms with Crippen LogP contribution in [0.1, 0.15) is 24.7 Å². The van der Waals surface area contributed by atoms with Crippen LogP contribution in [-0.2, 0) is 6.54 Å². The number of aryl methyl sites for hydroxylation is 3. The van der Waals surface area contributed by atoms with Gasteiger partial charge in [-0.05, 0) is 39.5 Å². The Balaban J connectivity index is 2.33. The second-order valence-electron chi connectivity index (χ2n) is 4.68. The van der Waals surface area contributed by atoms with Gasteiger partial charge >= 0.3 is 0 Å². The van der Waals surface area contributed by atoms with E-state index in [1.165, 1.54) is 5.69 Å². The smallest absolute Gasteiger partial charge is 0.191 e. The number of rotatable bonds is 8. The minimum absolute atomic E-state index is 0.812. The number of hydrogen-bond donors (Lipinski definition) is 2. The summed E-state index contributed by atoms with van der Waals surface area (Å²) in [7, 11) is 0. The lowest BCUT2D eigenvalue weighted by Gasteiger charge is -2.10. The number of nitrogens with zero attached hydrogens (tertiary/aromatic N) is 3. The van der Waals surface area contributed by atoms with Crippen LogP contribution >= 0.6 is 11.8 Å². The van der Waals surface area contributed by atoms with Gasteiger partial charge < -0.3 is 10.6 Å². The molecule has 0 aromatic carbocycles. The van der Waals surface area contributed by atoms with Gasteiger partial charge in [0.25, 0.3) is 0 Å². The van der Waals surface area contributed by atoms with Gasteiger partial charge in [0.05, 0.1) is 5.69 Å². The second-order valence-corrected chi connectivity index (χ2v) is 5.67. The molecule has 6 heteroatoms. The standard InChI is InChI=1S/C14H27N5S/c1-5-15-14(17-8-10-20-4)16-7-6-9-19-13(3)11-12(2)18-19/h11H,5-10H2,1-4H3,(H2,15,16,17). The van der Waals surface area contributed by atoms with E-state index in [1.54, 1.807) is 0 Å². The highest BCUT2D eigenvalue weighted by atomic mass is 32.2. The molecule has 0 spiro atoms. The van der Waals surface area contributed by atoms with Crippen molar-refractivity contribution in [1.29, 1.82) is 0 Å². The molecule has 0 aliphatic rings. The number of aliphatic imine (C=N–C) groups is 1. The highest BCUT2D eigenvalue weighted by molar-refractivity contribution is 7.98. The normalized spacial score (nSPS) is 11.7. The van der Waals surface area contributed by atoms with Gasteiger partial charge in [-0.1, -0.05) is 0 Å². The quantitative estimate of drug-likeness (QED) is 0.436. The Morgan fingerprint density at radius 3 is 2.80 bits per heavy atom. The van der Waals surface area contributed by atoms with Crippen molar-refractivity contribution >= 4 is 17.7 Å². The van der Waals surface area contributed by atoms with Gasteiger partial charge in [0, 0.05) is 37.6 Å². The van der Waals surface area contributed by atoms with Gasteiger partial charge in [0.15, 0.2) is 5.96 Å². The largest absolute Gasteiger partial charge is 0.357 e. The first-order valence-electron chi connectivity index (χ1n) is 7.19. The fourth-order valence-corrected chi connectivity index (χ4v) is 2.23. The molecule has 0 unspecified atom stereocenters. The van der Waals surface area contributed by atoms with Crippen molar-refractivity contribution < 1.29 is 0 Å². The fourth-order valence-electron chi connectivity index (χ4n) is 1.93. The monoisotopic (exact) mass is 297 g/mol. The van der Waals surface area contributed by atoms with E-state index in [4.69, 9.17) is 0 Å². The first-order chi connectivity index (χ1) is 9.67. The van der Waals surface area contributed by atoms with Crippen molar-refractivity contribution in [2.75, 3.05) is 31.6 Å². The van der Waals surface area contributed by atoms with E-state index in [-0.39, 0.29) is 0 Å². The third-order valence-electron chi connectivity index (χ3n) is 2.84. The lowest BCUT2D eigenvalue weighted by Crippen LogP contribution is -2.38. The number of hydrogen-bond acceptors (Lipinski definition) is 3. The number of guanidine groups is 1. The molecule has 0 aliphatic heterocycles. The predicted molar refractivity (Wildman–Crippen MR) is 88.7 cm³/mol. The highest BCUT2D eigenvalue weighted by Crippen LogP contribution is 2.02. The summed E-state index contributed by atoms with van der Waals surface area (Å²) < 4.78 is 2.05. The lowest BCUT2D eigenvalue weighted by molar-refractivity contribution is 0.567. The van der Waals surface area contributed by atoms with Crippen LogP contribution in [0.5, 0.6) is 0 Å². The van der Waals surface area contributed by atoms with Crippen molar-refractivity contribution in [3.63, 3.8) is 0 Å². The molecule has 0 bridgehead atoms. The van der Waals surface area contributed by atoms with Crippen molar-refractivity contribution in [3.8, 4) is 0 Å². The number of aromatic nitrogens is 2. The van der Waals surface area contributed by atoms with Crippen molar-refractivity contribution in [3.05, 3.63) is 17.5 Å². The Morgan fingerprint density at radius 2 is 2.20 bits per heavy atom. The van der Waals surface area contributed by atoms with Crippen LogP contribution in [0.3, 0.4) is 0 Å². The van der Waals surface area contributed by atoms with Gasteiger partial charge in [0.2, 0.25) is 0 Å². The topological polar surface area (TPSA) is 54.2 Å². The summed E-state index contributed by atoms with van der Waals surface area (Å²) in [4.78, 5) is 4.58. The van der Waals surface area contributed by atoms with Crippen LogP contribution in [0.25, 0.3) is 0 Å². The van der Waals surface area contributed by atoms with Gasteiger partial charge in [0.1, 0.15) is 0 Å². The summed E-state index contributed by atoms with van der Waals surface area (Å²) in [5, 5.41) is 11.1. The van der Waals surface area contributed by atoms with Crippen molar-refractivity contribution in [2.24, 2.45) is 4.99 Å². The molecule has 5 nitrogen and oxygen atoms in total. The van der Waals surface area contributed by atoms with E-state index >= 15 is 0 Å². The molecule has 1 rings (SSSR count). The van der Waals surface area contributed by atoms with E-state index in [0.717, 1.165) is 50.0 Å². The molecule has 2 N–H and O–H groups in total. The highest BCUT2D eigenvalue weighted by Gasteiger charge is 2.00. The average Bonchev–Trinajstić information content (AvgIpc) is 2.73. The molecule has 0 saturated carbocycles. The Labute approximate surface area is 126 Å². The third-order valence-corrected chi connectivity index (χ3v) is 3.46.